The zero-order valence-corrected chi connectivity index (χ0v) is 3.70. The summed E-state index contributed by atoms with van der Waals surface area (Å²) in [4.78, 5) is 0. The van der Waals surface area contributed by atoms with Gasteiger partial charge >= 0.3 is 0 Å². The molecular weight excluding hydrogens is 92.1 g/mol. The molecule has 0 amide bonds. The molecule has 3 heteroatoms. The monoisotopic (exact) mass is 98.0 g/mol. The summed E-state index contributed by atoms with van der Waals surface area (Å²) in [5, 5.41) is 9.37. The number of allylic oxidation sites excluding steroid dienone is 2. The molecule has 0 aromatic carbocycles. The molecule has 0 aliphatic carbocycles. The lowest BCUT2D eigenvalue weighted by Gasteiger charge is -2.11. The van der Waals surface area contributed by atoms with Crippen LogP contribution >= 0.6 is 0 Å². The van der Waals surface area contributed by atoms with Crippen molar-refractivity contribution < 1.29 is 5.21 Å². The van der Waals surface area contributed by atoms with Gasteiger partial charge in [0.25, 0.3) is 0 Å². The average molecular weight is 98.1 g/mol. The van der Waals surface area contributed by atoms with Crippen LogP contribution in [0.15, 0.2) is 24.6 Å². The van der Waals surface area contributed by atoms with Gasteiger partial charge in [0.1, 0.15) is 0 Å². The largest absolute Gasteiger partial charge is 0.282 e. The number of hydroxylamine groups is 1. The van der Waals surface area contributed by atoms with Gasteiger partial charge < -0.3 is 0 Å². The van der Waals surface area contributed by atoms with E-state index < -0.39 is 0 Å². The predicted molar refractivity (Wildman–Crippen MR) is 25.0 cm³/mol. The third-order valence-electron chi connectivity index (χ3n) is 0.641. The minimum absolute atomic E-state index is 0.875. The second-order valence-corrected chi connectivity index (χ2v) is 1.17. The van der Waals surface area contributed by atoms with Crippen LogP contribution in [0.25, 0.3) is 0 Å². The maximum atomic E-state index is 8.49. The van der Waals surface area contributed by atoms with Crippen molar-refractivity contribution >= 4 is 0 Å². The summed E-state index contributed by atoms with van der Waals surface area (Å²) in [6.07, 6.45) is 6.63. The molecule has 3 nitrogen and oxygen atoms in total. The minimum Gasteiger partial charge on any atom is -0.282 e. The number of rotatable bonds is 0. The van der Waals surface area contributed by atoms with Gasteiger partial charge in [-0.2, -0.15) is 5.17 Å². The van der Waals surface area contributed by atoms with Gasteiger partial charge in [-0.3, -0.25) is 10.6 Å². The Hall–Kier alpha value is -0.960. The van der Waals surface area contributed by atoms with E-state index in [0.29, 0.717) is 0 Å². The highest BCUT2D eigenvalue weighted by Crippen LogP contribution is 1.84. The third kappa shape index (κ3) is 0.940. The fourth-order valence-corrected chi connectivity index (χ4v) is 0.349. The maximum Gasteiger partial charge on any atom is 0.0515 e. The molecule has 38 valence electrons. The Bertz CT molecular complexity index is 108. The lowest BCUT2D eigenvalue weighted by atomic mass is 10.5. The first-order valence-electron chi connectivity index (χ1n) is 1.97. The van der Waals surface area contributed by atoms with Crippen LogP contribution in [0.5, 0.6) is 0 Å². The highest BCUT2D eigenvalue weighted by molar-refractivity contribution is 5.02. The van der Waals surface area contributed by atoms with E-state index in [0.717, 1.165) is 5.17 Å². The molecule has 0 fully saturated rings. The van der Waals surface area contributed by atoms with Crippen LogP contribution in [0.3, 0.4) is 0 Å². The predicted octanol–water partition coefficient (Wildman–Crippen LogP) is 0.223. The second kappa shape index (κ2) is 1.66. The van der Waals surface area contributed by atoms with Gasteiger partial charge in [-0.25, -0.2) is 0 Å². The Morgan fingerprint density at radius 1 is 1.43 bits per heavy atom. The van der Waals surface area contributed by atoms with Crippen molar-refractivity contribution in [2.24, 2.45) is 0 Å². The molecule has 2 N–H and O–H groups in total. The van der Waals surface area contributed by atoms with E-state index in [2.05, 4.69) is 5.43 Å². The summed E-state index contributed by atoms with van der Waals surface area (Å²) in [7, 11) is 0. The van der Waals surface area contributed by atoms with Gasteiger partial charge in [-0.05, 0) is 12.2 Å². The molecular formula is C4H6N2O. The fraction of sp³-hybridized carbons (Fsp3) is 0. The quantitative estimate of drug-likeness (QED) is 0.455. The first-order chi connectivity index (χ1) is 3.39. The summed E-state index contributed by atoms with van der Waals surface area (Å²) >= 11 is 0. The minimum atomic E-state index is 0.875. The molecule has 0 bridgehead atoms. The van der Waals surface area contributed by atoms with Crippen LogP contribution in [0, 0.1) is 0 Å². The highest BCUT2D eigenvalue weighted by Gasteiger charge is 1.85. The van der Waals surface area contributed by atoms with Crippen molar-refractivity contribution in [3.63, 3.8) is 0 Å². The van der Waals surface area contributed by atoms with Gasteiger partial charge in [0.05, 0.1) is 6.20 Å². The smallest absolute Gasteiger partial charge is 0.0515 e. The summed E-state index contributed by atoms with van der Waals surface area (Å²) in [6, 6.07) is 0. The Labute approximate surface area is 41.5 Å². The summed E-state index contributed by atoms with van der Waals surface area (Å²) in [5.74, 6) is 0. The van der Waals surface area contributed by atoms with E-state index in [1.54, 1.807) is 18.4 Å². The van der Waals surface area contributed by atoms with Crippen molar-refractivity contribution in [3.8, 4) is 0 Å². The van der Waals surface area contributed by atoms with Crippen LogP contribution in [0.4, 0.5) is 0 Å². The number of nitrogens with one attached hydrogen (secondary N) is 1. The fourth-order valence-electron chi connectivity index (χ4n) is 0.349. The number of hydrogen-bond acceptors (Lipinski definition) is 3. The van der Waals surface area contributed by atoms with Crippen molar-refractivity contribution in [1.82, 2.24) is 10.6 Å². The van der Waals surface area contributed by atoms with Crippen molar-refractivity contribution in [1.29, 1.82) is 0 Å². The normalized spacial score (nSPS) is 17.0. The molecule has 1 aliphatic rings. The zero-order chi connectivity index (χ0) is 5.11. The Morgan fingerprint density at radius 3 is 2.57 bits per heavy atom. The van der Waals surface area contributed by atoms with E-state index in [9.17, 15) is 0 Å². The summed E-state index contributed by atoms with van der Waals surface area (Å²) in [6.45, 7) is 0. The van der Waals surface area contributed by atoms with E-state index in [-0.39, 0.29) is 0 Å². The molecule has 0 radical (unpaired) electrons. The van der Waals surface area contributed by atoms with Crippen LogP contribution < -0.4 is 5.43 Å². The number of hydrazine groups is 1. The SMILES string of the molecule is ON1C=CC=CN1. The molecule has 1 aliphatic heterocycles. The van der Waals surface area contributed by atoms with Gasteiger partial charge in [0.2, 0.25) is 0 Å². The molecule has 0 aromatic rings. The van der Waals surface area contributed by atoms with Crippen LogP contribution in [-0.2, 0) is 0 Å². The van der Waals surface area contributed by atoms with Crippen LogP contribution in [0.1, 0.15) is 0 Å². The van der Waals surface area contributed by atoms with Gasteiger partial charge in [-0.15, -0.1) is 0 Å². The van der Waals surface area contributed by atoms with Crippen molar-refractivity contribution in [2.75, 3.05) is 0 Å². The third-order valence-corrected chi connectivity index (χ3v) is 0.641. The summed E-state index contributed by atoms with van der Waals surface area (Å²) in [5.41, 5.74) is 2.50. The molecule has 0 unspecified atom stereocenters. The first-order valence-corrected chi connectivity index (χ1v) is 1.97. The molecule has 7 heavy (non-hydrogen) atoms. The Kier molecular flexibility index (Phi) is 0.997. The van der Waals surface area contributed by atoms with E-state index in [1.807, 2.05) is 0 Å². The van der Waals surface area contributed by atoms with Gasteiger partial charge in [0, 0.05) is 6.20 Å². The van der Waals surface area contributed by atoms with Crippen molar-refractivity contribution in [3.05, 3.63) is 24.6 Å². The topological polar surface area (TPSA) is 35.5 Å². The molecule has 0 saturated carbocycles. The molecule has 1 rings (SSSR count). The Balaban J connectivity index is 2.49. The molecule has 0 atom stereocenters. The maximum absolute atomic E-state index is 8.49. The average Bonchev–Trinajstić information content (AvgIpc) is 1.69. The summed E-state index contributed by atoms with van der Waals surface area (Å²) < 4.78 is 0. The molecule has 0 spiro atoms. The van der Waals surface area contributed by atoms with E-state index >= 15 is 0 Å². The number of hydrogen-bond donors (Lipinski definition) is 2. The van der Waals surface area contributed by atoms with E-state index in [1.165, 1.54) is 6.20 Å². The second-order valence-electron chi connectivity index (χ2n) is 1.17. The molecule has 1 heterocycles. The zero-order valence-electron chi connectivity index (χ0n) is 3.70. The van der Waals surface area contributed by atoms with Crippen LogP contribution in [0.2, 0.25) is 0 Å². The van der Waals surface area contributed by atoms with Gasteiger partial charge in [0.15, 0.2) is 0 Å². The van der Waals surface area contributed by atoms with E-state index in [4.69, 9.17) is 5.21 Å². The Morgan fingerprint density at radius 2 is 2.29 bits per heavy atom. The molecule has 0 aromatic heterocycles. The highest BCUT2D eigenvalue weighted by atomic mass is 16.5. The molecule has 0 saturated heterocycles. The first kappa shape index (κ1) is 4.21. The van der Waals surface area contributed by atoms with Crippen molar-refractivity contribution in [2.45, 2.75) is 0 Å². The lowest BCUT2D eigenvalue weighted by molar-refractivity contribution is -0.0759. The van der Waals surface area contributed by atoms with Gasteiger partial charge in [-0.1, -0.05) is 0 Å². The van der Waals surface area contributed by atoms with Crippen LogP contribution in [-0.4, -0.2) is 10.4 Å². The number of nitrogens with zero attached hydrogens (tertiary/aromatic N) is 1. The lowest BCUT2D eigenvalue weighted by Crippen LogP contribution is -2.26. The standard InChI is InChI=1S/C4H6N2O/c7-6-4-2-1-3-5-6/h1-5,7H.